The number of benzene rings is 1. The van der Waals surface area contributed by atoms with Crippen LogP contribution in [0.4, 0.5) is 18.0 Å². The van der Waals surface area contributed by atoms with E-state index < -0.39 is 18.0 Å². The molecule has 23 heavy (non-hydrogen) atoms. The van der Waals surface area contributed by atoms with Crippen LogP contribution in [0.1, 0.15) is 17.2 Å². The maximum Gasteiger partial charge on any atom is 0.434 e. The second kappa shape index (κ2) is 5.53. The minimum Gasteiger partial charge on any atom is -0.465 e. The Bertz CT molecular complexity index is 708. The summed E-state index contributed by atoms with van der Waals surface area (Å²) in [7, 11) is 0. The third kappa shape index (κ3) is 3.10. The summed E-state index contributed by atoms with van der Waals surface area (Å²) >= 11 is 0. The summed E-state index contributed by atoms with van der Waals surface area (Å²) in [5, 5.41) is 8.80. The molecular formula is C15H12F3N3O2. The number of aromatic nitrogens is 2. The van der Waals surface area contributed by atoms with Crippen molar-refractivity contribution in [3.63, 3.8) is 0 Å². The first-order valence-electron chi connectivity index (χ1n) is 6.82. The van der Waals surface area contributed by atoms with Crippen molar-refractivity contribution in [2.75, 3.05) is 13.1 Å². The molecule has 1 saturated heterocycles. The summed E-state index contributed by atoms with van der Waals surface area (Å²) in [4.78, 5) is 19.2. The number of alkyl halides is 3. The third-order valence-corrected chi connectivity index (χ3v) is 3.77. The first-order chi connectivity index (χ1) is 10.8. The number of likely N-dealkylation sites (tertiary alicyclic amines) is 1. The fourth-order valence-electron chi connectivity index (χ4n) is 2.40. The molecule has 1 aromatic heterocycles. The Balaban J connectivity index is 1.71. The first-order valence-corrected chi connectivity index (χ1v) is 6.82. The average Bonchev–Trinajstić information content (AvgIpc) is 2.45. The molecule has 0 unspecified atom stereocenters. The van der Waals surface area contributed by atoms with Crippen LogP contribution in [0.2, 0.25) is 0 Å². The van der Waals surface area contributed by atoms with E-state index in [1.165, 1.54) is 4.90 Å². The molecule has 120 valence electrons. The molecule has 0 aliphatic carbocycles. The zero-order valence-electron chi connectivity index (χ0n) is 11.8. The van der Waals surface area contributed by atoms with Crippen molar-refractivity contribution < 1.29 is 23.1 Å². The van der Waals surface area contributed by atoms with Crippen LogP contribution in [-0.2, 0) is 6.18 Å². The predicted octanol–water partition coefficient (Wildman–Crippen LogP) is 3.24. The van der Waals surface area contributed by atoms with Gasteiger partial charge in [-0.3, -0.25) is 4.98 Å². The summed E-state index contributed by atoms with van der Waals surface area (Å²) in [5.74, 6) is 0.152. The fraction of sp³-hybridized carbons (Fsp3) is 0.267. The van der Waals surface area contributed by atoms with Gasteiger partial charge in [0.2, 0.25) is 0 Å². The van der Waals surface area contributed by atoms with E-state index in [1.807, 2.05) is 12.1 Å². The standard InChI is InChI=1S/C15H12F3N3O2/c16-15(17,18)13-6-19-12(5-20-13)10-3-1-9(2-4-10)11-7-21(8-11)14(22)23/h1-6,11H,7-8H2,(H,22,23). The smallest absolute Gasteiger partial charge is 0.434 e. The molecule has 1 aliphatic rings. The van der Waals surface area contributed by atoms with Gasteiger partial charge in [-0.05, 0) is 5.56 Å². The van der Waals surface area contributed by atoms with Crippen molar-refractivity contribution in [1.82, 2.24) is 14.9 Å². The van der Waals surface area contributed by atoms with Gasteiger partial charge in [0.25, 0.3) is 0 Å². The Morgan fingerprint density at radius 2 is 1.78 bits per heavy atom. The van der Waals surface area contributed by atoms with E-state index in [2.05, 4.69) is 9.97 Å². The summed E-state index contributed by atoms with van der Waals surface area (Å²) in [5.41, 5.74) is 0.974. The predicted molar refractivity (Wildman–Crippen MR) is 74.8 cm³/mol. The van der Waals surface area contributed by atoms with E-state index in [-0.39, 0.29) is 5.92 Å². The first kappa shape index (κ1) is 15.3. The molecule has 0 atom stereocenters. The number of amides is 1. The minimum absolute atomic E-state index is 0.152. The molecule has 0 spiro atoms. The topological polar surface area (TPSA) is 66.3 Å². The van der Waals surface area contributed by atoms with Crippen LogP contribution in [0.25, 0.3) is 11.3 Å². The molecular weight excluding hydrogens is 311 g/mol. The van der Waals surface area contributed by atoms with Gasteiger partial charge in [0.15, 0.2) is 5.69 Å². The third-order valence-electron chi connectivity index (χ3n) is 3.77. The van der Waals surface area contributed by atoms with E-state index in [0.717, 1.165) is 11.8 Å². The molecule has 1 fully saturated rings. The number of halogens is 3. The zero-order valence-corrected chi connectivity index (χ0v) is 11.8. The molecule has 3 rings (SSSR count). The van der Waals surface area contributed by atoms with Crippen molar-refractivity contribution in [1.29, 1.82) is 0 Å². The highest BCUT2D eigenvalue weighted by Crippen LogP contribution is 2.30. The van der Waals surface area contributed by atoms with Crippen molar-refractivity contribution in [2.24, 2.45) is 0 Å². The number of carbonyl (C=O) groups is 1. The summed E-state index contributed by atoms with van der Waals surface area (Å²) in [6.07, 6.45) is -3.64. The molecule has 2 aromatic rings. The number of hydrogen-bond donors (Lipinski definition) is 1. The minimum atomic E-state index is -4.50. The molecule has 1 aliphatic heterocycles. The summed E-state index contributed by atoms with van der Waals surface area (Å²) in [6, 6.07) is 7.16. The number of rotatable bonds is 2. The average molecular weight is 323 g/mol. The van der Waals surface area contributed by atoms with Crippen LogP contribution in [0.15, 0.2) is 36.7 Å². The molecule has 0 bridgehead atoms. The van der Waals surface area contributed by atoms with Crippen LogP contribution >= 0.6 is 0 Å². The maximum atomic E-state index is 12.4. The van der Waals surface area contributed by atoms with Crippen molar-refractivity contribution in [3.05, 3.63) is 47.9 Å². The summed E-state index contributed by atoms with van der Waals surface area (Å²) < 4.78 is 37.3. The molecule has 0 saturated carbocycles. The number of nitrogens with zero attached hydrogens (tertiary/aromatic N) is 3. The largest absolute Gasteiger partial charge is 0.465 e. The second-order valence-electron chi connectivity index (χ2n) is 5.29. The van der Waals surface area contributed by atoms with Gasteiger partial charge in [0.1, 0.15) is 0 Å². The quantitative estimate of drug-likeness (QED) is 0.921. The second-order valence-corrected chi connectivity index (χ2v) is 5.29. The van der Waals surface area contributed by atoms with Crippen molar-refractivity contribution in [3.8, 4) is 11.3 Å². The Labute approximate surface area is 129 Å². The van der Waals surface area contributed by atoms with Crippen molar-refractivity contribution in [2.45, 2.75) is 12.1 Å². The Morgan fingerprint density at radius 3 is 2.26 bits per heavy atom. The fourth-order valence-corrected chi connectivity index (χ4v) is 2.40. The Kier molecular flexibility index (Phi) is 3.67. The lowest BCUT2D eigenvalue weighted by Crippen LogP contribution is -2.47. The number of hydrogen-bond acceptors (Lipinski definition) is 3. The maximum absolute atomic E-state index is 12.4. The van der Waals surface area contributed by atoms with E-state index in [4.69, 9.17) is 5.11 Å². The highest BCUT2D eigenvalue weighted by Gasteiger charge is 2.33. The van der Waals surface area contributed by atoms with Crippen LogP contribution < -0.4 is 0 Å². The number of carboxylic acid groups (broad SMARTS) is 1. The van der Waals surface area contributed by atoms with Gasteiger partial charge >= 0.3 is 12.3 Å². The van der Waals surface area contributed by atoms with Crippen LogP contribution in [0, 0.1) is 0 Å². The van der Waals surface area contributed by atoms with Crippen LogP contribution in [0.5, 0.6) is 0 Å². The van der Waals surface area contributed by atoms with Crippen molar-refractivity contribution >= 4 is 6.09 Å². The van der Waals surface area contributed by atoms with Gasteiger partial charge in [0.05, 0.1) is 18.1 Å². The normalized spacial score (nSPS) is 15.3. The van der Waals surface area contributed by atoms with E-state index in [0.29, 0.717) is 30.5 Å². The van der Waals surface area contributed by atoms with Crippen LogP contribution in [-0.4, -0.2) is 39.2 Å². The lowest BCUT2D eigenvalue weighted by atomic mass is 9.91. The summed E-state index contributed by atoms with van der Waals surface area (Å²) in [6.45, 7) is 0.906. The van der Waals surface area contributed by atoms with E-state index >= 15 is 0 Å². The lowest BCUT2D eigenvalue weighted by molar-refractivity contribution is -0.141. The van der Waals surface area contributed by atoms with Gasteiger partial charge in [-0.25, -0.2) is 9.78 Å². The van der Waals surface area contributed by atoms with Gasteiger partial charge in [0, 0.05) is 24.6 Å². The molecule has 8 heteroatoms. The van der Waals surface area contributed by atoms with Gasteiger partial charge in [-0.15, -0.1) is 0 Å². The SMILES string of the molecule is O=C(O)N1CC(c2ccc(-c3cnc(C(F)(F)F)cn3)cc2)C1. The molecule has 1 N–H and O–H groups in total. The highest BCUT2D eigenvalue weighted by atomic mass is 19.4. The molecule has 0 radical (unpaired) electrons. The monoisotopic (exact) mass is 323 g/mol. The molecule has 2 heterocycles. The zero-order chi connectivity index (χ0) is 16.6. The molecule has 5 nitrogen and oxygen atoms in total. The molecule has 1 amide bonds. The van der Waals surface area contributed by atoms with Gasteiger partial charge < -0.3 is 10.0 Å². The van der Waals surface area contributed by atoms with Gasteiger partial charge in [-0.2, -0.15) is 13.2 Å². The molecule has 1 aromatic carbocycles. The Hall–Kier alpha value is -2.64. The van der Waals surface area contributed by atoms with Gasteiger partial charge in [-0.1, -0.05) is 24.3 Å². The Morgan fingerprint density at radius 1 is 1.13 bits per heavy atom. The van der Waals surface area contributed by atoms with Crippen LogP contribution in [0.3, 0.4) is 0 Å². The highest BCUT2D eigenvalue weighted by molar-refractivity contribution is 5.66. The van der Waals surface area contributed by atoms with E-state index in [1.54, 1.807) is 12.1 Å². The lowest BCUT2D eigenvalue weighted by Gasteiger charge is -2.37. The van der Waals surface area contributed by atoms with E-state index in [9.17, 15) is 18.0 Å².